The van der Waals surface area contributed by atoms with Crippen molar-refractivity contribution >= 4 is 0 Å². The van der Waals surface area contributed by atoms with Crippen LogP contribution in [0.25, 0.3) is 0 Å². The molecule has 1 unspecified atom stereocenters. The van der Waals surface area contributed by atoms with E-state index in [1.54, 1.807) is 14.0 Å². The van der Waals surface area contributed by atoms with Gasteiger partial charge in [-0.2, -0.15) is 9.37 Å². The molecule has 0 aliphatic rings. The lowest BCUT2D eigenvalue weighted by molar-refractivity contribution is 0.200. The molecule has 1 aromatic rings. The summed E-state index contributed by atoms with van der Waals surface area (Å²) in [5.41, 5.74) is 0.298. The van der Waals surface area contributed by atoms with E-state index in [1.165, 1.54) is 6.33 Å². The number of hydrogen-bond acceptors (Lipinski definition) is 4. The van der Waals surface area contributed by atoms with Crippen LogP contribution in [0.4, 0.5) is 4.39 Å². The lowest BCUT2D eigenvalue weighted by atomic mass is 10.4. The number of aryl methyl sites for hydroxylation is 1. The smallest absolute Gasteiger partial charge is 0.254 e. The van der Waals surface area contributed by atoms with E-state index in [2.05, 4.69) is 15.3 Å². The van der Waals surface area contributed by atoms with Gasteiger partial charge < -0.3 is 10.1 Å². The number of nitrogens with one attached hydrogen (secondary N) is 1. The summed E-state index contributed by atoms with van der Waals surface area (Å²) in [6.07, 6.45) is 1.17. The molecule has 0 amide bonds. The van der Waals surface area contributed by atoms with Crippen molar-refractivity contribution in [1.82, 2.24) is 15.3 Å². The van der Waals surface area contributed by atoms with Crippen LogP contribution in [0.2, 0.25) is 0 Å². The van der Waals surface area contributed by atoms with Gasteiger partial charge in [0.05, 0.1) is 5.69 Å². The van der Waals surface area contributed by atoms with Gasteiger partial charge in [0.25, 0.3) is 5.88 Å². The summed E-state index contributed by atoms with van der Waals surface area (Å²) in [5.74, 6) is -0.476. The highest BCUT2D eigenvalue weighted by atomic mass is 19.1. The molecule has 14 heavy (non-hydrogen) atoms. The zero-order valence-corrected chi connectivity index (χ0v) is 8.54. The molecule has 5 heteroatoms. The van der Waals surface area contributed by atoms with Gasteiger partial charge in [-0.25, -0.2) is 4.98 Å². The summed E-state index contributed by atoms with van der Waals surface area (Å²) < 4.78 is 18.6. The van der Waals surface area contributed by atoms with E-state index in [4.69, 9.17) is 4.74 Å². The lowest BCUT2D eigenvalue weighted by Gasteiger charge is -2.13. The zero-order chi connectivity index (χ0) is 10.6. The number of ether oxygens (including phenoxy) is 1. The highest BCUT2D eigenvalue weighted by molar-refractivity contribution is 5.16. The molecule has 1 N–H and O–H groups in total. The van der Waals surface area contributed by atoms with Crippen LogP contribution in [-0.4, -0.2) is 29.7 Å². The first-order valence-corrected chi connectivity index (χ1v) is 4.43. The predicted octanol–water partition coefficient (Wildman–Crippen LogP) is 0.911. The van der Waals surface area contributed by atoms with Gasteiger partial charge in [-0.05, 0) is 20.9 Å². The van der Waals surface area contributed by atoms with Gasteiger partial charge in [0, 0.05) is 6.54 Å². The lowest BCUT2D eigenvalue weighted by Crippen LogP contribution is -2.26. The molecule has 0 fully saturated rings. The molecule has 0 radical (unpaired) electrons. The SMILES string of the molecule is CNCC(C)Oc1ncnc(C)c1F. The molecule has 0 saturated heterocycles. The van der Waals surface area contributed by atoms with E-state index in [1.807, 2.05) is 6.92 Å². The Labute approximate surface area is 82.5 Å². The summed E-state index contributed by atoms with van der Waals surface area (Å²) in [5, 5.41) is 2.93. The molecule has 0 aromatic carbocycles. The first-order chi connectivity index (χ1) is 6.65. The Balaban J connectivity index is 2.71. The van der Waals surface area contributed by atoms with Gasteiger partial charge >= 0.3 is 0 Å². The number of rotatable bonds is 4. The Morgan fingerprint density at radius 2 is 2.29 bits per heavy atom. The Morgan fingerprint density at radius 1 is 1.57 bits per heavy atom. The third kappa shape index (κ3) is 2.63. The molecule has 78 valence electrons. The van der Waals surface area contributed by atoms with Crippen molar-refractivity contribution in [2.45, 2.75) is 20.0 Å². The zero-order valence-electron chi connectivity index (χ0n) is 8.54. The molecule has 0 spiro atoms. The monoisotopic (exact) mass is 199 g/mol. The van der Waals surface area contributed by atoms with Crippen LogP contribution in [-0.2, 0) is 0 Å². The average molecular weight is 199 g/mol. The van der Waals surface area contributed by atoms with E-state index >= 15 is 0 Å². The van der Waals surface area contributed by atoms with Crippen molar-refractivity contribution in [2.75, 3.05) is 13.6 Å². The molecular weight excluding hydrogens is 185 g/mol. The third-order valence-electron chi connectivity index (χ3n) is 1.74. The van der Waals surface area contributed by atoms with Crippen molar-refractivity contribution in [2.24, 2.45) is 0 Å². The highest BCUT2D eigenvalue weighted by Crippen LogP contribution is 2.15. The van der Waals surface area contributed by atoms with E-state index in [0.29, 0.717) is 12.2 Å². The third-order valence-corrected chi connectivity index (χ3v) is 1.74. The second kappa shape index (κ2) is 4.85. The number of likely N-dealkylation sites (N-methyl/N-ethyl adjacent to an activating group) is 1. The fourth-order valence-corrected chi connectivity index (χ4v) is 1.04. The number of nitrogens with zero attached hydrogens (tertiary/aromatic N) is 2. The fourth-order valence-electron chi connectivity index (χ4n) is 1.04. The Morgan fingerprint density at radius 3 is 2.93 bits per heavy atom. The number of halogens is 1. The van der Waals surface area contributed by atoms with Gasteiger partial charge in [-0.15, -0.1) is 0 Å². The minimum atomic E-state index is -0.490. The van der Waals surface area contributed by atoms with Crippen LogP contribution >= 0.6 is 0 Å². The quantitative estimate of drug-likeness (QED) is 0.783. The number of hydrogen-bond donors (Lipinski definition) is 1. The summed E-state index contributed by atoms with van der Waals surface area (Å²) in [4.78, 5) is 7.44. The van der Waals surface area contributed by atoms with Crippen molar-refractivity contribution in [3.63, 3.8) is 0 Å². The van der Waals surface area contributed by atoms with E-state index in [-0.39, 0.29) is 12.0 Å². The van der Waals surface area contributed by atoms with Crippen molar-refractivity contribution in [1.29, 1.82) is 0 Å². The molecule has 1 rings (SSSR count). The fraction of sp³-hybridized carbons (Fsp3) is 0.556. The largest absolute Gasteiger partial charge is 0.471 e. The standard InChI is InChI=1S/C9H14FN3O/c1-6(4-11-3)14-9-8(10)7(2)12-5-13-9/h5-6,11H,4H2,1-3H3. The second-order valence-corrected chi connectivity index (χ2v) is 3.06. The normalized spacial score (nSPS) is 12.6. The topological polar surface area (TPSA) is 47.0 Å². The Hall–Kier alpha value is -1.23. The van der Waals surface area contributed by atoms with Crippen LogP contribution in [0, 0.1) is 12.7 Å². The minimum absolute atomic E-state index is 0.0141. The van der Waals surface area contributed by atoms with Gasteiger partial charge in [0.2, 0.25) is 5.82 Å². The van der Waals surface area contributed by atoms with Gasteiger partial charge in [-0.3, -0.25) is 0 Å². The minimum Gasteiger partial charge on any atom is -0.471 e. The van der Waals surface area contributed by atoms with Crippen LogP contribution in [0.5, 0.6) is 5.88 Å². The summed E-state index contributed by atoms with van der Waals surface area (Å²) in [6.45, 7) is 4.06. The van der Waals surface area contributed by atoms with Crippen LogP contribution in [0.3, 0.4) is 0 Å². The maximum Gasteiger partial charge on any atom is 0.254 e. The van der Waals surface area contributed by atoms with Crippen molar-refractivity contribution in [3.8, 4) is 5.88 Å². The van der Waals surface area contributed by atoms with Crippen LogP contribution in [0.15, 0.2) is 6.33 Å². The van der Waals surface area contributed by atoms with Gasteiger partial charge in [0.15, 0.2) is 0 Å². The molecule has 0 bridgehead atoms. The molecule has 0 aliphatic carbocycles. The molecule has 4 nitrogen and oxygen atoms in total. The molecule has 1 atom stereocenters. The maximum absolute atomic E-state index is 13.3. The van der Waals surface area contributed by atoms with E-state index in [0.717, 1.165) is 0 Å². The van der Waals surface area contributed by atoms with Gasteiger partial charge in [0.1, 0.15) is 12.4 Å². The molecule has 1 heterocycles. The summed E-state index contributed by atoms with van der Waals surface area (Å²) in [7, 11) is 1.81. The average Bonchev–Trinajstić information content (AvgIpc) is 2.13. The Kier molecular flexibility index (Phi) is 3.76. The van der Waals surface area contributed by atoms with E-state index in [9.17, 15) is 4.39 Å². The first-order valence-electron chi connectivity index (χ1n) is 4.43. The molecule has 1 aromatic heterocycles. The summed E-state index contributed by atoms with van der Waals surface area (Å²) >= 11 is 0. The Bertz CT molecular complexity index is 306. The van der Waals surface area contributed by atoms with Crippen molar-refractivity contribution < 1.29 is 9.13 Å². The predicted molar refractivity (Wildman–Crippen MR) is 50.7 cm³/mol. The van der Waals surface area contributed by atoms with Crippen molar-refractivity contribution in [3.05, 3.63) is 17.8 Å². The highest BCUT2D eigenvalue weighted by Gasteiger charge is 2.11. The second-order valence-electron chi connectivity index (χ2n) is 3.06. The van der Waals surface area contributed by atoms with Gasteiger partial charge in [-0.1, -0.05) is 0 Å². The first kappa shape index (κ1) is 10.8. The molecule has 0 aliphatic heterocycles. The van der Waals surface area contributed by atoms with E-state index < -0.39 is 5.82 Å². The van der Waals surface area contributed by atoms with Crippen LogP contribution in [0.1, 0.15) is 12.6 Å². The maximum atomic E-state index is 13.3. The number of aromatic nitrogens is 2. The molecular formula is C9H14FN3O. The van der Waals surface area contributed by atoms with Crippen LogP contribution < -0.4 is 10.1 Å². The molecule has 0 saturated carbocycles. The summed E-state index contributed by atoms with van der Waals surface area (Å²) in [6, 6.07) is 0.